The van der Waals surface area contributed by atoms with E-state index in [-0.39, 0.29) is 5.75 Å². The molecule has 0 atom stereocenters. The highest BCUT2D eigenvalue weighted by molar-refractivity contribution is 7.09. The van der Waals surface area contributed by atoms with Crippen molar-refractivity contribution in [2.24, 2.45) is 0 Å². The molecule has 2 aromatic rings. The quantitative estimate of drug-likeness (QED) is 0.812. The molecule has 15 heavy (non-hydrogen) atoms. The summed E-state index contributed by atoms with van der Waals surface area (Å²) in [7, 11) is 0. The minimum absolute atomic E-state index is 0.234. The summed E-state index contributed by atoms with van der Waals surface area (Å²) in [5, 5.41) is 1.96. The van der Waals surface area contributed by atoms with Crippen LogP contribution in [0.5, 0.6) is 5.75 Å². The minimum atomic E-state index is -0.424. The lowest BCUT2D eigenvalue weighted by molar-refractivity contribution is 0.293. The average Bonchev–Trinajstić information content (AvgIpc) is 2.69. The van der Waals surface area contributed by atoms with E-state index < -0.39 is 5.82 Å². The van der Waals surface area contributed by atoms with E-state index >= 15 is 0 Å². The lowest BCUT2D eigenvalue weighted by atomic mass is 10.3. The van der Waals surface area contributed by atoms with Gasteiger partial charge in [0.1, 0.15) is 6.61 Å². The van der Waals surface area contributed by atoms with Crippen LogP contribution in [0.25, 0.3) is 0 Å². The van der Waals surface area contributed by atoms with Gasteiger partial charge >= 0.3 is 0 Å². The summed E-state index contributed by atoms with van der Waals surface area (Å²) in [6.07, 6.45) is 0. The van der Waals surface area contributed by atoms with Crippen LogP contribution in [0.3, 0.4) is 0 Å². The zero-order chi connectivity index (χ0) is 10.7. The molecule has 0 saturated carbocycles. The Hall–Kier alpha value is -1.55. The summed E-state index contributed by atoms with van der Waals surface area (Å²) in [5.41, 5.74) is 5.82. The fraction of sp³-hybridized carbons (Fsp3) is 0.0909. The standard InChI is InChI=1S/C11H10FNOS/c12-10-6-8(13)3-4-11(10)14-7-9-2-1-5-15-9/h1-6H,7,13H2. The number of halogens is 1. The zero-order valence-electron chi connectivity index (χ0n) is 7.94. The number of benzene rings is 1. The lowest BCUT2D eigenvalue weighted by Crippen LogP contribution is -1.96. The van der Waals surface area contributed by atoms with Gasteiger partial charge in [0, 0.05) is 16.6 Å². The summed E-state index contributed by atoms with van der Waals surface area (Å²) in [4.78, 5) is 1.06. The van der Waals surface area contributed by atoms with E-state index in [2.05, 4.69) is 0 Å². The van der Waals surface area contributed by atoms with Crippen molar-refractivity contribution in [3.63, 3.8) is 0 Å². The smallest absolute Gasteiger partial charge is 0.167 e. The molecular weight excluding hydrogens is 213 g/mol. The minimum Gasteiger partial charge on any atom is -0.485 e. The second kappa shape index (κ2) is 4.31. The molecule has 2 N–H and O–H groups in total. The van der Waals surface area contributed by atoms with E-state index in [4.69, 9.17) is 10.5 Å². The van der Waals surface area contributed by atoms with Gasteiger partial charge in [0.2, 0.25) is 0 Å². The van der Waals surface area contributed by atoms with E-state index in [9.17, 15) is 4.39 Å². The molecule has 0 aliphatic carbocycles. The van der Waals surface area contributed by atoms with Crippen LogP contribution in [-0.4, -0.2) is 0 Å². The van der Waals surface area contributed by atoms with E-state index in [0.717, 1.165) is 4.88 Å². The largest absolute Gasteiger partial charge is 0.485 e. The number of hydrogen-bond acceptors (Lipinski definition) is 3. The maximum Gasteiger partial charge on any atom is 0.167 e. The topological polar surface area (TPSA) is 35.2 Å². The number of anilines is 1. The first-order chi connectivity index (χ1) is 7.25. The van der Waals surface area contributed by atoms with Crippen molar-refractivity contribution in [2.45, 2.75) is 6.61 Å². The van der Waals surface area contributed by atoms with Gasteiger partial charge in [-0.2, -0.15) is 0 Å². The number of hydrogen-bond donors (Lipinski definition) is 1. The van der Waals surface area contributed by atoms with Crippen LogP contribution in [0, 0.1) is 5.82 Å². The second-order valence-electron chi connectivity index (χ2n) is 3.06. The van der Waals surface area contributed by atoms with Crippen molar-refractivity contribution >= 4 is 17.0 Å². The van der Waals surface area contributed by atoms with Gasteiger partial charge in [0.25, 0.3) is 0 Å². The van der Waals surface area contributed by atoms with Crippen LogP contribution in [0.1, 0.15) is 4.88 Å². The Balaban J connectivity index is 2.05. The van der Waals surface area contributed by atoms with Gasteiger partial charge in [-0.25, -0.2) is 4.39 Å². The molecule has 0 aliphatic rings. The highest BCUT2D eigenvalue weighted by Crippen LogP contribution is 2.21. The second-order valence-corrected chi connectivity index (χ2v) is 4.09. The van der Waals surface area contributed by atoms with Crippen molar-refractivity contribution in [3.8, 4) is 5.75 Å². The van der Waals surface area contributed by atoms with Crippen molar-refractivity contribution in [2.75, 3.05) is 5.73 Å². The third-order valence-corrected chi connectivity index (χ3v) is 2.76. The maximum absolute atomic E-state index is 13.3. The first-order valence-corrected chi connectivity index (χ1v) is 5.34. The lowest BCUT2D eigenvalue weighted by Gasteiger charge is -2.05. The van der Waals surface area contributed by atoms with Crippen molar-refractivity contribution in [1.29, 1.82) is 0 Å². The van der Waals surface area contributed by atoms with Crippen LogP contribution in [0.2, 0.25) is 0 Å². The van der Waals surface area contributed by atoms with E-state index in [1.165, 1.54) is 12.1 Å². The monoisotopic (exact) mass is 223 g/mol. The van der Waals surface area contributed by atoms with Gasteiger partial charge in [0.15, 0.2) is 11.6 Å². The normalized spacial score (nSPS) is 10.2. The summed E-state index contributed by atoms with van der Waals surface area (Å²) in [6.45, 7) is 0.387. The van der Waals surface area contributed by atoms with E-state index in [0.29, 0.717) is 12.3 Å². The summed E-state index contributed by atoms with van der Waals surface area (Å²) >= 11 is 1.58. The molecule has 0 fully saturated rings. The molecule has 2 rings (SSSR count). The fourth-order valence-corrected chi connectivity index (χ4v) is 1.79. The number of rotatable bonds is 3. The van der Waals surface area contributed by atoms with Crippen LogP contribution in [-0.2, 0) is 6.61 Å². The molecule has 0 aliphatic heterocycles. The van der Waals surface area contributed by atoms with Gasteiger partial charge in [-0.05, 0) is 23.6 Å². The molecule has 0 spiro atoms. The Morgan fingerprint density at radius 1 is 1.33 bits per heavy atom. The molecule has 0 radical (unpaired) electrons. The summed E-state index contributed by atoms with van der Waals surface area (Å²) < 4.78 is 18.6. The molecule has 1 aromatic heterocycles. The number of thiophene rings is 1. The van der Waals surface area contributed by atoms with Gasteiger partial charge in [-0.3, -0.25) is 0 Å². The molecule has 0 amide bonds. The van der Waals surface area contributed by atoms with Crippen molar-refractivity contribution in [3.05, 3.63) is 46.4 Å². The van der Waals surface area contributed by atoms with Crippen LogP contribution in [0.4, 0.5) is 10.1 Å². The van der Waals surface area contributed by atoms with Crippen LogP contribution in [0.15, 0.2) is 35.7 Å². The van der Waals surface area contributed by atoms with Crippen molar-refractivity contribution < 1.29 is 9.13 Å². The summed E-state index contributed by atoms with van der Waals surface area (Å²) in [6, 6.07) is 8.29. The van der Waals surface area contributed by atoms with E-state index in [1.54, 1.807) is 17.4 Å². The molecule has 78 valence electrons. The van der Waals surface area contributed by atoms with Crippen LogP contribution < -0.4 is 10.5 Å². The predicted molar refractivity (Wildman–Crippen MR) is 59.5 cm³/mol. The molecule has 4 heteroatoms. The first kappa shape index (κ1) is 9.98. The van der Waals surface area contributed by atoms with Gasteiger partial charge in [-0.1, -0.05) is 6.07 Å². The molecule has 1 aromatic carbocycles. The van der Waals surface area contributed by atoms with Gasteiger partial charge in [0.05, 0.1) is 0 Å². The van der Waals surface area contributed by atoms with E-state index in [1.807, 2.05) is 17.5 Å². The Labute approximate surface area is 91.1 Å². The Morgan fingerprint density at radius 3 is 2.87 bits per heavy atom. The Morgan fingerprint density at radius 2 is 2.20 bits per heavy atom. The predicted octanol–water partition coefficient (Wildman–Crippen LogP) is 3.05. The average molecular weight is 223 g/mol. The Kier molecular flexibility index (Phi) is 2.87. The van der Waals surface area contributed by atoms with Crippen molar-refractivity contribution in [1.82, 2.24) is 0 Å². The third kappa shape index (κ3) is 2.47. The molecule has 2 nitrogen and oxygen atoms in total. The SMILES string of the molecule is Nc1ccc(OCc2cccs2)c(F)c1. The molecule has 0 bridgehead atoms. The fourth-order valence-electron chi connectivity index (χ4n) is 1.18. The number of nitrogens with two attached hydrogens (primary N) is 1. The number of nitrogen functional groups attached to an aromatic ring is 1. The summed E-state index contributed by atoms with van der Waals surface area (Å²) in [5.74, 6) is -0.191. The first-order valence-electron chi connectivity index (χ1n) is 4.46. The van der Waals surface area contributed by atoms with Crippen LogP contribution >= 0.6 is 11.3 Å². The molecule has 1 heterocycles. The molecular formula is C11H10FNOS. The number of ether oxygens (including phenoxy) is 1. The molecule has 0 unspecified atom stereocenters. The van der Waals surface area contributed by atoms with Gasteiger partial charge < -0.3 is 10.5 Å². The zero-order valence-corrected chi connectivity index (χ0v) is 8.76. The Bertz CT molecular complexity index is 442. The highest BCUT2D eigenvalue weighted by atomic mass is 32.1. The highest BCUT2D eigenvalue weighted by Gasteiger charge is 2.03. The van der Waals surface area contributed by atoms with Gasteiger partial charge in [-0.15, -0.1) is 11.3 Å². The maximum atomic E-state index is 13.3. The molecule has 0 saturated heterocycles. The third-order valence-electron chi connectivity index (χ3n) is 1.91.